The maximum atomic E-state index is 12.8. The van der Waals surface area contributed by atoms with Crippen molar-refractivity contribution in [2.45, 2.75) is 32.7 Å². The van der Waals surface area contributed by atoms with Gasteiger partial charge in [-0.15, -0.1) is 0 Å². The number of nitrogens with two attached hydrogens (primary N) is 1. The summed E-state index contributed by atoms with van der Waals surface area (Å²) in [6.45, 7) is 5.07. The molecule has 118 valence electrons. The van der Waals surface area contributed by atoms with Crippen molar-refractivity contribution in [2.75, 3.05) is 25.7 Å². The van der Waals surface area contributed by atoms with Crippen LogP contribution in [0.1, 0.15) is 37.2 Å². The number of halogens is 1. The van der Waals surface area contributed by atoms with Gasteiger partial charge in [0.25, 0.3) is 5.91 Å². The van der Waals surface area contributed by atoms with Gasteiger partial charge in [-0.2, -0.15) is 0 Å². The van der Waals surface area contributed by atoms with Crippen LogP contribution in [-0.4, -0.2) is 42.1 Å². The molecule has 0 aromatic carbocycles. The lowest BCUT2D eigenvalue weighted by Gasteiger charge is -2.30. The number of amides is 1. The van der Waals surface area contributed by atoms with E-state index < -0.39 is 0 Å². The fourth-order valence-corrected chi connectivity index (χ4v) is 2.36. The van der Waals surface area contributed by atoms with Crippen molar-refractivity contribution in [3.8, 4) is 0 Å². The molecule has 0 radical (unpaired) electrons. The Morgan fingerprint density at radius 3 is 2.67 bits per heavy atom. The third kappa shape index (κ3) is 4.56. The monoisotopic (exact) mass is 314 g/mol. The Bertz CT molecular complexity index is 466. The van der Waals surface area contributed by atoms with Crippen LogP contribution < -0.4 is 11.3 Å². The van der Waals surface area contributed by atoms with Crippen LogP contribution >= 0.6 is 11.6 Å². The zero-order chi connectivity index (χ0) is 15.8. The lowest BCUT2D eigenvalue weighted by molar-refractivity contribution is 0.0584. The molecule has 0 aliphatic carbocycles. The zero-order valence-corrected chi connectivity index (χ0v) is 13.5. The van der Waals surface area contributed by atoms with Crippen molar-refractivity contribution < 1.29 is 9.53 Å². The molecule has 3 N–H and O–H groups in total. The molecule has 1 aromatic rings. The second-order valence-electron chi connectivity index (χ2n) is 4.63. The minimum atomic E-state index is -0.206. The van der Waals surface area contributed by atoms with Crippen LogP contribution in [0.5, 0.6) is 0 Å². The Morgan fingerprint density at radius 2 is 2.14 bits per heavy atom. The van der Waals surface area contributed by atoms with Crippen molar-refractivity contribution >= 4 is 23.3 Å². The fourth-order valence-electron chi connectivity index (χ4n) is 2.18. The van der Waals surface area contributed by atoms with Gasteiger partial charge in [0.1, 0.15) is 11.5 Å². The third-order valence-corrected chi connectivity index (χ3v) is 3.68. The smallest absolute Gasteiger partial charge is 0.274 e. The molecule has 1 aromatic heterocycles. The molecule has 1 amide bonds. The summed E-state index contributed by atoms with van der Waals surface area (Å²) < 4.78 is 5.09. The average molecular weight is 315 g/mol. The standard InChI is InChI=1S/C14H23ClN4O2/c1-4-10(5-2)19(8-9-21-3)14(20)13-11(15)6-7-12(17-13)18-16/h6-7,10H,4-5,8-9,16H2,1-3H3,(H,17,18). The lowest BCUT2D eigenvalue weighted by Crippen LogP contribution is -2.42. The molecule has 21 heavy (non-hydrogen) atoms. The molecule has 0 spiro atoms. The number of nitrogen functional groups attached to an aromatic ring is 1. The SMILES string of the molecule is CCC(CC)N(CCOC)C(=O)c1nc(NN)ccc1Cl. The number of hydrogen-bond acceptors (Lipinski definition) is 5. The summed E-state index contributed by atoms with van der Waals surface area (Å²) >= 11 is 6.11. The predicted octanol–water partition coefficient (Wildman–Crippen LogP) is 2.30. The first-order chi connectivity index (χ1) is 10.1. The van der Waals surface area contributed by atoms with Gasteiger partial charge in [-0.05, 0) is 25.0 Å². The van der Waals surface area contributed by atoms with Gasteiger partial charge in [0.05, 0.1) is 11.6 Å². The molecule has 0 fully saturated rings. The van der Waals surface area contributed by atoms with Gasteiger partial charge in [0, 0.05) is 19.7 Å². The number of hydrazine groups is 1. The number of nitrogens with zero attached hydrogens (tertiary/aromatic N) is 2. The quantitative estimate of drug-likeness (QED) is 0.568. The lowest BCUT2D eigenvalue weighted by atomic mass is 10.1. The molecule has 0 atom stereocenters. The van der Waals surface area contributed by atoms with E-state index in [9.17, 15) is 4.79 Å². The number of carbonyl (C=O) groups is 1. The van der Waals surface area contributed by atoms with Gasteiger partial charge >= 0.3 is 0 Å². The van der Waals surface area contributed by atoms with Crippen molar-refractivity contribution in [3.05, 3.63) is 22.8 Å². The average Bonchev–Trinajstić information content (AvgIpc) is 2.51. The Hall–Kier alpha value is -1.37. The minimum absolute atomic E-state index is 0.125. The second-order valence-corrected chi connectivity index (χ2v) is 5.04. The van der Waals surface area contributed by atoms with Crippen LogP contribution in [0.3, 0.4) is 0 Å². The normalized spacial score (nSPS) is 10.8. The molecule has 7 heteroatoms. The molecule has 0 unspecified atom stereocenters. The number of carbonyl (C=O) groups excluding carboxylic acids is 1. The fraction of sp³-hybridized carbons (Fsp3) is 0.571. The van der Waals surface area contributed by atoms with Crippen molar-refractivity contribution in [2.24, 2.45) is 5.84 Å². The summed E-state index contributed by atoms with van der Waals surface area (Å²) in [5, 5.41) is 0.312. The number of rotatable bonds is 8. The van der Waals surface area contributed by atoms with Gasteiger partial charge in [-0.3, -0.25) is 4.79 Å². The number of methoxy groups -OCH3 is 1. The molecule has 0 bridgehead atoms. The number of pyridine rings is 1. The Morgan fingerprint density at radius 1 is 1.48 bits per heavy atom. The van der Waals surface area contributed by atoms with Gasteiger partial charge in [0.2, 0.25) is 0 Å². The maximum Gasteiger partial charge on any atom is 0.274 e. The van der Waals surface area contributed by atoms with Crippen molar-refractivity contribution in [1.29, 1.82) is 0 Å². The number of hydrogen-bond donors (Lipinski definition) is 2. The molecule has 6 nitrogen and oxygen atoms in total. The zero-order valence-electron chi connectivity index (χ0n) is 12.7. The Labute approximate surface area is 130 Å². The van der Waals surface area contributed by atoms with Gasteiger partial charge in [-0.1, -0.05) is 25.4 Å². The highest BCUT2D eigenvalue weighted by molar-refractivity contribution is 6.33. The van der Waals surface area contributed by atoms with Crippen LogP contribution in [0.25, 0.3) is 0 Å². The first-order valence-electron chi connectivity index (χ1n) is 7.02. The highest BCUT2D eigenvalue weighted by atomic mass is 35.5. The summed E-state index contributed by atoms with van der Waals surface area (Å²) in [4.78, 5) is 18.7. The minimum Gasteiger partial charge on any atom is -0.383 e. The van der Waals surface area contributed by atoms with Crippen molar-refractivity contribution in [3.63, 3.8) is 0 Å². The molecule has 0 saturated heterocycles. The summed E-state index contributed by atoms with van der Waals surface area (Å²) in [6, 6.07) is 3.36. The van der Waals surface area contributed by atoms with E-state index in [1.807, 2.05) is 13.8 Å². The van der Waals surface area contributed by atoms with Crippen LogP contribution in [0, 0.1) is 0 Å². The Balaban J connectivity index is 3.08. The molecule has 0 aliphatic heterocycles. The molecule has 1 heterocycles. The molecular weight excluding hydrogens is 292 g/mol. The number of aromatic nitrogens is 1. The summed E-state index contributed by atoms with van der Waals surface area (Å²) in [5.41, 5.74) is 2.63. The largest absolute Gasteiger partial charge is 0.383 e. The van der Waals surface area contributed by atoms with E-state index in [0.717, 1.165) is 12.8 Å². The van der Waals surface area contributed by atoms with Crippen LogP contribution in [0.4, 0.5) is 5.82 Å². The molecule has 0 aliphatic rings. The first-order valence-corrected chi connectivity index (χ1v) is 7.39. The van der Waals surface area contributed by atoms with Crippen LogP contribution in [0.2, 0.25) is 5.02 Å². The third-order valence-electron chi connectivity index (χ3n) is 3.38. The van der Waals surface area contributed by atoms with Crippen LogP contribution in [-0.2, 0) is 4.74 Å². The second kappa shape index (κ2) is 8.81. The van der Waals surface area contributed by atoms with Crippen molar-refractivity contribution in [1.82, 2.24) is 9.88 Å². The highest BCUT2D eigenvalue weighted by Crippen LogP contribution is 2.20. The first kappa shape index (κ1) is 17.7. The molecule has 0 saturated carbocycles. The van der Waals surface area contributed by atoms with Gasteiger partial charge < -0.3 is 15.1 Å². The van der Waals surface area contributed by atoms with E-state index in [1.165, 1.54) is 0 Å². The molecule has 1 rings (SSSR count). The highest BCUT2D eigenvalue weighted by Gasteiger charge is 2.25. The van der Waals surface area contributed by atoms with E-state index >= 15 is 0 Å². The van der Waals surface area contributed by atoms with E-state index in [0.29, 0.717) is 24.0 Å². The van der Waals surface area contributed by atoms with E-state index in [4.69, 9.17) is 22.2 Å². The van der Waals surface area contributed by atoms with E-state index in [-0.39, 0.29) is 17.6 Å². The van der Waals surface area contributed by atoms with Gasteiger partial charge in [0.15, 0.2) is 0 Å². The maximum absolute atomic E-state index is 12.8. The summed E-state index contributed by atoms with van der Waals surface area (Å²) in [7, 11) is 1.61. The predicted molar refractivity (Wildman–Crippen MR) is 84.3 cm³/mol. The summed E-state index contributed by atoms with van der Waals surface area (Å²) in [6.07, 6.45) is 1.72. The van der Waals surface area contributed by atoms with Gasteiger partial charge in [-0.25, -0.2) is 10.8 Å². The molecular formula is C14H23ClN4O2. The Kier molecular flexibility index (Phi) is 7.42. The number of nitrogens with one attached hydrogen (secondary N) is 1. The van der Waals surface area contributed by atoms with E-state index in [2.05, 4.69) is 10.4 Å². The van der Waals surface area contributed by atoms with E-state index in [1.54, 1.807) is 24.1 Å². The number of ether oxygens (including phenoxy) is 1. The summed E-state index contributed by atoms with van der Waals surface area (Å²) in [5.74, 6) is 5.53. The van der Waals surface area contributed by atoms with Crippen LogP contribution in [0.15, 0.2) is 12.1 Å². The number of anilines is 1. The topological polar surface area (TPSA) is 80.5 Å².